The van der Waals surface area contributed by atoms with Crippen molar-refractivity contribution in [3.8, 4) is 17.3 Å². The van der Waals surface area contributed by atoms with Gasteiger partial charge in [-0.05, 0) is 30.7 Å². The molecule has 0 unspecified atom stereocenters. The molecule has 1 aromatic carbocycles. The highest BCUT2D eigenvalue weighted by Gasteiger charge is 2.13. The maximum absolute atomic E-state index is 11.8. The number of rotatable bonds is 5. The summed E-state index contributed by atoms with van der Waals surface area (Å²) in [6.07, 6.45) is 1.76. The van der Waals surface area contributed by atoms with Crippen LogP contribution in [0.25, 0.3) is 11.6 Å². The van der Waals surface area contributed by atoms with Crippen LogP contribution in [-0.4, -0.2) is 32.5 Å². The van der Waals surface area contributed by atoms with Crippen molar-refractivity contribution in [3.05, 3.63) is 42.1 Å². The number of carbonyl (C=O) groups is 1. The Morgan fingerprint density at radius 2 is 2.22 bits per heavy atom. The summed E-state index contributed by atoms with van der Waals surface area (Å²) in [5, 5.41) is 14.2. The number of hydrogen-bond donors (Lipinski definition) is 1. The van der Waals surface area contributed by atoms with Crippen molar-refractivity contribution in [2.45, 2.75) is 6.92 Å². The number of nitrogens with zero attached hydrogens (tertiary/aromatic N) is 4. The van der Waals surface area contributed by atoms with Gasteiger partial charge in [0.2, 0.25) is 0 Å². The van der Waals surface area contributed by atoms with Crippen molar-refractivity contribution < 1.29 is 13.9 Å². The first-order valence-electron chi connectivity index (χ1n) is 6.93. The van der Waals surface area contributed by atoms with Crippen LogP contribution in [-0.2, 0) is 11.8 Å². The van der Waals surface area contributed by atoms with E-state index in [-0.39, 0.29) is 24.4 Å². The molecule has 2 aromatic heterocycles. The van der Waals surface area contributed by atoms with Crippen LogP contribution in [0, 0.1) is 6.92 Å². The zero-order valence-corrected chi connectivity index (χ0v) is 12.7. The molecule has 2 heterocycles. The van der Waals surface area contributed by atoms with Crippen LogP contribution in [0.5, 0.6) is 5.75 Å². The largest absolute Gasteiger partial charge is 0.484 e. The smallest absolute Gasteiger partial charge is 0.322 e. The first kappa shape index (κ1) is 14.8. The standard InChI is InChI=1S/C15H15N5O3/c1-10-4-3-5-11(8-10)22-9-13(21)16-15-18-17-14(23-15)12-6-7-20(2)19-12/h3-8H,9H2,1-2H3,(H,16,18,21). The van der Waals surface area contributed by atoms with E-state index < -0.39 is 0 Å². The molecule has 8 heteroatoms. The summed E-state index contributed by atoms with van der Waals surface area (Å²) < 4.78 is 12.4. The van der Waals surface area contributed by atoms with E-state index in [2.05, 4.69) is 20.6 Å². The number of amides is 1. The molecule has 0 aliphatic carbocycles. The molecule has 0 atom stereocenters. The number of aryl methyl sites for hydroxylation is 2. The minimum atomic E-state index is -0.386. The van der Waals surface area contributed by atoms with Crippen LogP contribution >= 0.6 is 0 Å². The maximum Gasteiger partial charge on any atom is 0.322 e. The Morgan fingerprint density at radius 1 is 1.35 bits per heavy atom. The molecule has 0 bridgehead atoms. The Bertz CT molecular complexity index is 824. The molecular weight excluding hydrogens is 298 g/mol. The molecule has 0 radical (unpaired) electrons. The number of benzene rings is 1. The number of ether oxygens (including phenoxy) is 1. The molecule has 0 saturated heterocycles. The quantitative estimate of drug-likeness (QED) is 0.771. The fourth-order valence-corrected chi connectivity index (χ4v) is 1.92. The van der Waals surface area contributed by atoms with E-state index in [1.165, 1.54) is 0 Å². The minimum absolute atomic E-state index is 0.00324. The van der Waals surface area contributed by atoms with Gasteiger partial charge in [0, 0.05) is 13.2 Å². The summed E-state index contributed by atoms with van der Waals surface area (Å²) in [6.45, 7) is 1.80. The van der Waals surface area contributed by atoms with Crippen molar-refractivity contribution in [3.63, 3.8) is 0 Å². The Morgan fingerprint density at radius 3 is 2.96 bits per heavy atom. The van der Waals surface area contributed by atoms with E-state index in [1.54, 1.807) is 30.1 Å². The second kappa shape index (κ2) is 6.30. The number of aromatic nitrogens is 4. The predicted molar refractivity (Wildman–Crippen MR) is 81.8 cm³/mol. The molecule has 0 saturated carbocycles. The molecule has 0 aliphatic rings. The topological polar surface area (TPSA) is 95.1 Å². The van der Waals surface area contributed by atoms with Gasteiger partial charge in [-0.3, -0.25) is 14.8 Å². The molecule has 0 spiro atoms. The third-order valence-electron chi connectivity index (χ3n) is 2.96. The van der Waals surface area contributed by atoms with Crippen LogP contribution in [0.4, 0.5) is 6.01 Å². The highest BCUT2D eigenvalue weighted by atomic mass is 16.5. The number of carbonyl (C=O) groups excluding carboxylic acids is 1. The molecule has 0 aliphatic heterocycles. The Labute approximate surface area is 132 Å². The summed E-state index contributed by atoms with van der Waals surface area (Å²) in [4.78, 5) is 11.8. The van der Waals surface area contributed by atoms with Crippen molar-refractivity contribution in [1.82, 2.24) is 20.0 Å². The van der Waals surface area contributed by atoms with Gasteiger partial charge in [0.25, 0.3) is 11.8 Å². The Hall–Kier alpha value is -3.16. The summed E-state index contributed by atoms with van der Waals surface area (Å²) in [5.41, 5.74) is 1.59. The highest BCUT2D eigenvalue weighted by Crippen LogP contribution is 2.17. The third kappa shape index (κ3) is 3.73. The first-order valence-corrected chi connectivity index (χ1v) is 6.93. The SMILES string of the molecule is Cc1cccc(OCC(=O)Nc2nnc(-c3ccn(C)n3)o2)c1. The van der Waals surface area contributed by atoms with Crippen LogP contribution in [0.2, 0.25) is 0 Å². The van der Waals surface area contributed by atoms with Crippen LogP contribution < -0.4 is 10.1 Å². The molecule has 3 rings (SSSR count). The monoisotopic (exact) mass is 313 g/mol. The molecule has 118 valence electrons. The van der Waals surface area contributed by atoms with E-state index in [0.29, 0.717) is 11.4 Å². The van der Waals surface area contributed by atoms with Crippen molar-refractivity contribution in [2.75, 3.05) is 11.9 Å². The molecular formula is C15H15N5O3. The summed E-state index contributed by atoms with van der Waals surface area (Å²) in [7, 11) is 1.78. The van der Waals surface area contributed by atoms with Crippen LogP contribution in [0.15, 0.2) is 40.9 Å². The van der Waals surface area contributed by atoms with Gasteiger partial charge in [-0.25, -0.2) is 0 Å². The van der Waals surface area contributed by atoms with Gasteiger partial charge < -0.3 is 9.15 Å². The third-order valence-corrected chi connectivity index (χ3v) is 2.96. The van der Waals surface area contributed by atoms with E-state index >= 15 is 0 Å². The van der Waals surface area contributed by atoms with Gasteiger partial charge in [0.15, 0.2) is 6.61 Å². The average molecular weight is 313 g/mol. The van der Waals surface area contributed by atoms with Crippen molar-refractivity contribution in [2.24, 2.45) is 7.05 Å². The van der Waals surface area contributed by atoms with Gasteiger partial charge in [0.05, 0.1) is 0 Å². The van der Waals surface area contributed by atoms with Crippen LogP contribution in [0.1, 0.15) is 5.56 Å². The highest BCUT2D eigenvalue weighted by molar-refractivity contribution is 5.89. The van der Waals surface area contributed by atoms with E-state index in [9.17, 15) is 4.79 Å². The second-order valence-corrected chi connectivity index (χ2v) is 4.94. The van der Waals surface area contributed by atoms with Gasteiger partial charge in [-0.1, -0.05) is 17.2 Å². The lowest BCUT2D eigenvalue weighted by Gasteiger charge is -2.05. The summed E-state index contributed by atoms with van der Waals surface area (Å²) >= 11 is 0. The van der Waals surface area contributed by atoms with E-state index in [0.717, 1.165) is 5.56 Å². The molecule has 0 fully saturated rings. The zero-order valence-electron chi connectivity index (χ0n) is 12.7. The molecule has 8 nitrogen and oxygen atoms in total. The van der Waals surface area contributed by atoms with Crippen molar-refractivity contribution in [1.29, 1.82) is 0 Å². The first-order chi connectivity index (χ1) is 11.1. The number of anilines is 1. The predicted octanol–water partition coefficient (Wildman–Crippen LogP) is 1.80. The Kier molecular flexibility index (Phi) is 4.05. The summed E-state index contributed by atoms with van der Waals surface area (Å²) in [5.74, 6) is 0.475. The molecule has 1 amide bonds. The Balaban J connectivity index is 1.57. The van der Waals surface area contributed by atoms with Gasteiger partial charge in [-0.2, -0.15) is 5.10 Å². The lowest BCUT2D eigenvalue weighted by atomic mass is 10.2. The second-order valence-electron chi connectivity index (χ2n) is 4.94. The number of hydrogen-bond acceptors (Lipinski definition) is 6. The van der Waals surface area contributed by atoms with E-state index in [4.69, 9.17) is 9.15 Å². The molecule has 23 heavy (non-hydrogen) atoms. The maximum atomic E-state index is 11.8. The average Bonchev–Trinajstić information content (AvgIpc) is 3.14. The van der Waals surface area contributed by atoms with Crippen LogP contribution in [0.3, 0.4) is 0 Å². The fraction of sp³-hybridized carbons (Fsp3) is 0.200. The van der Waals surface area contributed by atoms with Crippen molar-refractivity contribution >= 4 is 11.9 Å². The minimum Gasteiger partial charge on any atom is -0.484 e. The summed E-state index contributed by atoms with van der Waals surface area (Å²) in [6, 6.07) is 9.18. The number of nitrogens with one attached hydrogen (secondary N) is 1. The fourth-order valence-electron chi connectivity index (χ4n) is 1.92. The normalized spacial score (nSPS) is 10.5. The molecule has 3 aromatic rings. The molecule has 1 N–H and O–H groups in total. The van der Waals surface area contributed by atoms with Gasteiger partial charge in [0.1, 0.15) is 11.4 Å². The van der Waals surface area contributed by atoms with Gasteiger partial charge in [-0.15, -0.1) is 5.10 Å². The lowest BCUT2D eigenvalue weighted by molar-refractivity contribution is -0.118. The van der Waals surface area contributed by atoms with Gasteiger partial charge >= 0.3 is 6.01 Å². The zero-order chi connectivity index (χ0) is 16.2. The van der Waals surface area contributed by atoms with E-state index in [1.807, 2.05) is 25.1 Å². The lowest BCUT2D eigenvalue weighted by Crippen LogP contribution is -2.20.